The molecule has 522 valence electrons. The maximum Gasteiger partial charge on any atom is 0.264 e. The van der Waals surface area contributed by atoms with Gasteiger partial charge in [-0.05, 0) is 130 Å². The third kappa shape index (κ3) is 15.1. The highest BCUT2D eigenvalue weighted by molar-refractivity contribution is 7.89. The molecule has 6 aromatic carbocycles. The summed E-state index contributed by atoms with van der Waals surface area (Å²) in [4.78, 5) is 73.0. The van der Waals surface area contributed by atoms with Gasteiger partial charge in [0.05, 0.1) is 80.5 Å². The van der Waals surface area contributed by atoms with Crippen LogP contribution in [0.15, 0.2) is 166 Å². The van der Waals surface area contributed by atoms with Crippen LogP contribution in [0.5, 0.6) is 23.0 Å². The fourth-order valence-corrected chi connectivity index (χ4v) is 16.2. The molecule has 2 unspecified atom stereocenters. The van der Waals surface area contributed by atoms with Crippen LogP contribution >= 0.6 is 0 Å². The van der Waals surface area contributed by atoms with Crippen molar-refractivity contribution in [3.63, 3.8) is 0 Å². The maximum absolute atomic E-state index is 14.4. The van der Waals surface area contributed by atoms with Crippen LogP contribution in [0.3, 0.4) is 0 Å². The van der Waals surface area contributed by atoms with Crippen molar-refractivity contribution >= 4 is 55.1 Å². The molecule has 2 aromatic heterocycles. The Morgan fingerprint density at radius 1 is 0.495 bits per heavy atom. The fraction of sp³-hybridized carbons (Fsp3) is 0.365. The number of amides is 4. The van der Waals surface area contributed by atoms with Gasteiger partial charge in [0.1, 0.15) is 16.4 Å². The smallest absolute Gasteiger partial charge is 0.264 e. The first-order valence-corrected chi connectivity index (χ1v) is 36.2. The van der Waals surface area contributed by atoms with E-state index < -0.39 is 32.1 Å². The number of nitrogens with one attached hydrogen (secondary N) is 2. The van der Waals surface area contributed by atoms with Crippen LogP contribution in [0.2, 0.25) is 0 Å². The highest BCUT2D eigenvalue weighted by atomic mass is 32.2. The summed E-state index contributed by atoms with van der Waals surface area (Å²) in [6, 6.07) is 43.0. The Hall–Kier alpha value is -9.37. The molecule has 2 N–H and O–H groups in total. The average Bonchev–Trinajstić information content (AvgIpc) is 1.61. The lowest BCUT2D eigenvalue weighted by atomic mass is 9.99. The largest absolute Gasteiger partial charge is 0.493 e. The molecule has 2 saturated heterocycles. The SMILES string of the molecule is COc1ccc(C(CCCNS(=O)(=O)c2cc(C)oc2C)N2C(=O)c3cccc(N4CCN([C@H](C)c5ccccc5)CC4)c3C2=O)cc1OC.COc1ccc(C(CCCNS(=O)(=O)c2cn(C)cn2)N2C(=O)c3cccc(N4CCN([C@H](C)c5ccccc5)CC4)c3C2=O)cc1OC. The molecule has 4 aliphatic rings. The number of hydrogen-bond acceptors (Lipinski definition) is 18. The first-order chi connectivity index (χ1) is 47.7. The number of benzene rings is 6. The highest BCUT2D eigenvalue weighted by Crippen LogP contribution is 2.43. The van der Waals surface area contributed by atoms with E-state index in [4.69, 9.17) is 23.4 Å². The van der Waals surface area contributed by atoms with Gasteiger partial charge in [-0.1, -0.05) is 84.9 Å². The van der Waals surface area contributed by atoms with Crippen LogP contribution in [0.4, 0.5) is 11.4 Å². The van der Waals surface area contributed by atoms with E-state index in [1.807, 2.05) is 48.5 Å². The second-order valence-corrected chi connectivity index (χ2v) is 28.5. The van der Waals surface area contributed by atoms with Gasteiger partial charge in [-0.25, -0.2) is 31.3 Å². The summed E-state index contributed by atoms with van der Waals surface area (Å²) >= 11 is 0. The minimum absolute atomic E-state index is 0.0744. The van der Waals surface area contributed by atoms with E-state index in [-0.39, 0.29) is 58.7 Å². The van der Waals surface area contributed by atoms with E-state index in [9.17, 15) is 36.0 Å². The molecule has 6 heterocycles. The number of carbonyl (C=O) groups excluding carboxylic acids is 4. The van der Waals surface area contributed by atoms with Crippen LogP contribution in [0.25, 0.3) is 0 Å². The number of ether oxygens (including phenoxy) is 4. The predicted octanol–water partition coefficient (Wildman–Crippen LogP) is 10.3. The maximum atomic E-state index is 14.4. The zero-order chi connectivity index (χ0) is 70.3. The highest BCUT2D eigenvalue weighted by Gasteiger charge is 2.45. The number of sulfonamides is 2. The van der Waals surface area contributed by atoms with E-state index in [1.54, 1.807) is 61.9 Å². The van der Waals surface area contributed by atoms with Crippen molar-refractivity contribution in [3.8, 4) is 23.0 Å². The van der Waals surface area contributed by atoms with Crippen LogP contribution in [-0.2, 0) is 27.1 Å². The Kier molecular flexibility index (Phi) is 22.1. The number of imide groups is 2. The predicted molar refractivity (Wildman–Crippen MR) is 376 cm³/mol. The molecule has 4 aliphatic heterocycles. The van der Waals surface area contributed by atoms with E-state index in [1.165, 1.54) is 68.0 Å². The quantitative estimate of drug-likeness (QED) is 0.0378. The summed E-state index contributed by atoms with van der Waals surface area (Å²) in [5, 5.41) is -0.0744. The number of hydrogen-bond donors (Lipinski definition) is 2. The summed E-state index contributed by atoms with van der Waals surface area (Å²) in [5.74, 6) is 1.26. The van der Waals surface area contributed by atoms with Gasteiger partial charge in [0, 0.05) is 90.8 Å². The number of aryl methyl sites for hydroxylation is 3. The molecule has 99 heavy (non-hydrogen) atoms. The molecule has 2 fully saturated rings. The second-order valence-electron chi connectivity index (χ2n) is 25.1. The number of piperazine rings is 2. The summed E-state index contributed by atoms with van der Waals surface area (Å²) < 4.78 is 85.9. The van der Waals surface area contributed by atoms with E-state index in [0.29, 0.717) is 120 Å². The molecule has 25 heteroatoms. The average molecular weight is 1390 g/mol. The Morgan fingerprint density at radius 2 is 0.919 bits per heavy atom. The molecule has 4 atom stereocenters. The number of carbonyl (C=O) groups is 4. The van der Waals surface area contributed by atoms with Crippen LogP contribution in [-0.4, -0.2) is 164 Å². The van der Waals surface area contributed by atoms with Gasteiger partial charge in [-0.2, -0.15) is 0 Å². The standard InChI is InChI=1S/C38H44N4O7S.C36H42N6O6S/c1-25-23-35(27(3)49-25)50(45,46)39-18-10-15-31(29-16-17-33(47-4)34(24-29)48-5)42-37(43)30-13-9-14-32(36(30)38(42)44)41-21-19-40(20-22-41)26(2)28-11-7-6-8-12-28;1-25(26-10-6-5-7-11-26)40-18-20-41(21-19-40)30-13-8-12-28-34(30)36(44)42(35(28)43)29(27-15-16-31(47-3)32(22-27)48-4)14-9-17-38-49(45,46)33-23-39(2)24-37-33/h6-9,11-14,16-17,23-24,26,31,39H,10,15,18-22H2,1-5H3;5-8,10-13,15-16,22-25,29,38H,9,14,17-21H2,1-4H3/t26-,31?;25-,29?/m11/s1. The zero-order valence-electron chi connectivity index (χ0n) is 57.3. The lowest BCUT2D eigenvalue weighted by Crippen LogP contribution is -2.47. The van der Waals surface area contributed by atoms with Gasteiger partial charge in [-0.3, -0.25) is 38.8 Å². The minimum Gasteiger partial charge on any atom is -0.493 e. The minimum atomic E-state index is -3.82. The Balaban J connectivity index is 0.000000200. The van der Waals surface area contributed by atoms with Gasteiger partial charge in [0.15, 0.2) is 28.0 Å². The van der Waals surface area contributed by atoms with E-state index >= 15 is 0 Å². The monoisotopic (exact) mass is 1390 g/mol. The van der Waals surface area contributed by atoms with E-state index in [2.05, 4.69) is 96.4 Å². The Bertz CT molecular complexity index is 4460. The van der Waals surface area contributed by atoms with Crippen LogP contribution in [0, 0.1) is 13.8 Å². The molecule has 4 amide bonds. The number of fused-ring (bicyclic) bond motifs is 2. The number of anilines is 2. The molecule has 0 aliphatic carbocycles. The van der Waals surface area contributed by atoms with Crippen molar-refractivity contribution in [1.82, 2.24) is 38.6 Å². The lowest BCUT2D eigenvalue weighted by molar-refractivity contribution is 0.0557. The van der Waals surface area contributed by atoms with Crippen LogP contribution in [0.1, 0.15) is 139 Å². The fourth-order valence-electron chi connectivity index (χ4n) is 13.8. The van der Waals surface area contributed by atoms with Gasteiger partial charge < -0.3 is 37.7 Å². The molecule has 0 saturated carbocycles. The third-order valence-electron chi connectivity index (χ3n) is 19.2. The summed E-state index contributed by atoms with van der Waals surface area (Å²) in [6.45, 7) is 14.0. The van der Waals surface area contributed by atoms with Crippen molar-refractivity contribution in [2.75, 3.05) is 104 Å². The number of nitrogens with zero attached hydrogens (tertiary/aromatic N) is 8. The van der Waals surface area contributed by atoms with Crippen molar-refractivity contribution in [3.05, 3.63) is 208 Å². The molecular formula is C74H86N10O13S2. The van der Waals surface area contributed by atoms with Crippen LogP contribution < -0.4 is 38.2 Å². The third-order valence-corrected chi connectivity index (χ3v) is 22.1. The topological polar surface area (TPSA) is 248 Å². The zero-order valence-corrected chi connectivity index (χ0v) is 59.0. The lowest BCUT2D eigenvalue weighted by Gasteiger charge is -2.39. The van der Waals surface area contributed by atoms with Crippen molar-refractivity contribution in [1.29, 1.82) is 0 Å². The number of rotatable bonds is 26. The molecule has 0 radical (unpaired) electrons. The van der Waals surface area contributed by atoms with Gasteiger partial charge >= 0.3 is 0 Å². The Labute approximate surface area is 579 Å². The molecule has 23 nitrogen and oxygen atoms in total. The van der Waals surface area contributed by atoms with Gasteiger partial charge in [0.25, 0.3) is 33.7 Å². The van der Waals surface area contributed by atoms with E-state index in [0.717, 1.165) is 37.6 Å². The van der Waals surface area contributed by atoms with Gasteiger partial charge in [0.2, 0.25) is 10.0 Å². The number of furan rings is 1. The van der Waals surface area contributed by atoms with Crippen molar-refractivity contribution in [2.45, 2.75) is 87.5 Å². The van der Waals surface area contributed by atoms with Gasteiger partial charge in [-0.15, -0.1) is 0 Å². The number of methoxy groups -OCH3 is 4. The first kappa shape index (κ1) is 70.9. The Morgan fingerprint density at radius 3 is 1.30 bits per heavy atom. The molecule has 12 rings (SSSR count). The normalized spacial score (nSPS) is 16.5. The summed E-state index contributed by atoms with van der Waals surface area (Å²) in [5.41, 5.74) is 6.90. The second kappa shape index (κ2) is 30.8. The molecular weight excluding hydrogens is 1300 g/mol. The number of aromatic nitrogens is 2. The van der Waals surface area contributed by atoms with Crippen molar-refractivity contribution < 1.29 is 59.4 Å². The molecule has 0 spiro atoms. The molecule has 8 aromatic rings. The van der Waals surface area contributed by atoms with Crippen molar-refractivity contribution in [2.24, 2.45) is 7.05 Å². The summed E-state index contributed by atoms with van der Waals surface area (Å²) in [6.07, 6.45) is 4.14. The number of imidazole rings is 1. The molecule has 0 bridgehead atoms. The first-order valence-electron chi connectivity index (χ1n) is 33.2. The summed E-state index contributed by atoms with van der Waals surface area (Å²) in [7, 11) is 0.184.